The lowest BCUT2D eigenvalue weighted by Crippen LogP contribution is -2.46. The van der Waals surface area contributed by atoms with Crippen LogP contribution in [-0.2, 0) is 4.79 Å². The van der Waals surface area contributed by atoms with E-state index in [0.29, 0.717) is 12.2 Å². The third kappa shape index (κ3) is 5.23. The Bertz CT molecular complexity index is 470. The van der Waals surface area contributed by atoms with Crippen molar-refractivity contribution in [2.24, 2.45) is 0 Å². The quantitative estimate of drug-likeness (QED) is 0.579. The number of amides is 1. The van der Waals surface area contributed by atoms with Crippen molar-refractivity contribution in [2.75, 3.05) is 13.2 Å². The summed E-state index contributed by atoms with van der Waals surface area (Å²) in [4.78, 5) is 21.6. The van der Waals surface area contributed by atoms with Crippen molar-refractivity contribution >= 4 is 11.6 Å². The molecule has 20 heavy (non-hydrogen) atoms. The molecule has 0 radical (unpaired) electrons. The first kappa shape index (κ1) is 15.9. The molecular weight excluding hydrogens is 264 g/mol. The third-order valence-corrected chi connectivity index (χ3v) is 2.63. The molecule has 110 valence electrons. The number of rotatable bonds is 7. The van der Waals surface area contributed by atoms with E-state index >= 15 is 0 Å². The minimum atomic E-state index is -0.509. The zero-order chi connectivity index (χ0) is 15.2. The summed E-state index contributed by atoms with van der Waals surface area (Å²) in [5.74, 6) is 0.0625. The molecule has 2 N–H and O–H groups in total. The molecule has 0 heterocycles. The zero-order valence-electron chi connectivity index (χ0n) is 11.5. The summed E-state index contributed by atoms with van der Waals surface area (Å²) in [6.07, 6.45) is 0.441. The maximum Gasteiger partial charge on any atom is 0.269 e. The zero-order valence-corrected chi connectivity index (χ0v) is 11.5. The van der Waals surface area contributed by atoms with Gasteiger partial charge in [0.25, 0.3) is 11.6 Å². The number of carbonyl (C=O) groups excluding carboxylic acids is 1. The first-order valence-electron chi connectivity index (χ1n) is 6.13. The third-order valence-electron chi connectivity index (χ3n) is 2.63. The van der Waals surface area contributed by atoms with Crippen LogP contribution in [0.25, 0.3) is 0 Å². The average molecular weight is 282 g/mol. The molecule has 0 unspecified atom stereocenters. The van der Waals surface area contributed by atoms with Gasteiger partial charge in [-0.1, -0.05) is 0 Å². The number of nitrogens with one attached hydrogen (secondary N) is 1. The maximum absolute atomic E-state index is 11.7. The fraction of sp³-hybridized carbons (Fsp3) is 0.462. The molecule has 0 fully saturated rings. The first-order chi connectivity index (χ1) is 9.34. The lowest BCUT2D eigenvalue weighted by molar-refractivity contribution is -0.384. The monoisotopic (exact) mass is 282 g/mol. The lowest BCUT2D eigenvalue weighted by Gasteiger charge is -2.25. The van der Waals surface area contributed by atoms with E-state index in [1.54, 1.807) is 13.8 Å². The van der Waals surface area contributed by atoms with Gasteiger partial charge in [-0.3, -0.25) is 14.9 Å². The Kier molecular flexibility index (Phi) is 5.45. The van der Waals surface area contributed by atoms with Gasteiger partial charge >= 0.3 is 0 Å². The van der Waals surface area contributed by atoms with Gasteiger partial charge in [-0.15, -0.1) is 0 Å². The number of carbonyl (C=O) groups is 1. The number of benzene rings is 1. The average Bonchev–Trinajstić information content (AvgIpc) is 2.36. The van der Waals surface area contributed by atoms with Crippen LogP contribution in [0.1, 0.15) is 20.3 Å². The van der Waals surface area contributed by atoms with E-state index in [2.05, 4.69) is 5.32 Å². The number of nitrogens with zero attached hydrogens (tertiary/aromatic N) is 1. The second-order valence-corrected chi connectivity index (χ2v) is 4.95. The summed E-state index contributed by atoms with van der Waals surface area (Å²) in [7, 11) is 0. The van der Waals surface area contributed by atoms with Gasteiger partial charge in [-0.05, 0) is 32.4 Å². The van der Waals surface area contributed by atoms with Gasteiger partial charge in [0, 0.05) is 24.3 Å². The molecule has 0 spiro atoms. The van der Waals surface area contributed by atoms with Crippen molar-refractivity contribution in [1.29, 1.82) is 0 Å². The summed E-state index contributed by atoms with van der Waals surface area (Å²) in [5, 5.41) is 22.1. The van der Waals surface area contributed by atoms with Crippen LogP contribution in [0, 0.1) is 10.1 Å². The first-order valence-corrected chi connectivity index (χ1v) is 6.13. The molecule has 0 saturated heterocycles. The molecule has 1 rings (SSSR count). The van der Waals surface area contributed by atoms with Gasteiger partial charge in [-0.25, -0.2) is 0 Å². The summed E-state index contributed by atoms with van der Waals surface area (Å²) in [5.41, 5.74) is -0.545. The van der Waals surface area contributed by atoms with E-state index in [0.717, 1.165) is 0 Å². The molecule has 0 aromatic heterocycles. The van der Waals surface area contributed by atoms with Crippen molar-refractivity contribution in [1.82, 2.24) is 5.32 Å². The molecule has 7 nitrogen and oxygen atoms in total. The summed E-state index contributed by atoms with van der Waals surface area (Å²) >= 11 is 0. The van der Waals surface area contributed by atoms with Gasteiger partial charge in [0.2, 0.25) is 0 Å². The predicted octanol–water partition coefficient (Wildman–Crippen LogP) is 1.25. The predicted molar refractivity (Wildman–Crippen MR) is 72.5 cm³/mol. The minimum absolute atomic E-state index is 0.0174. The molecule has 0 aliphatic heterocycles. The van der Waals surface area contributed by atoms with Crippen molar-refractivity contribution in [3.05, 3.63) is 34.4 Å². The normalized spacial score (nSPS) is 10.9. The summed E-state index contributed by atoms with van der Waals surface area (Å²) in [6, 6.07) is 5.49. The van der Waals surface area contributed by atoms with Gasteiger partial charge in [0.1, 0.15) is 5.75 Å². The molecular formula is C13H18N2O5. The van der Waals surface area contributed by atoms with Crippen LogP contribution in [-0.4, -0.2) is 34.7 Å². The Morgan fingerprint density at radius 3 is 2.50 bits per heavy atom. The minimum Gasteiger partial charge on any atom is -0.484 e. The van der Waals surface area contributed by atoms with E-state index in [4.69, 9.17) is 9.84 Å². The van der Waals surface area contributed by atoms with Gasteiger partial charge in [-0.2, -0.15) is 0 Å². The summed E-state index contributed by atoms with van der Waals surface area (Å²) in [6.45, 7) is 3.39. The molecule has 0 bridgehead atoms. The second kappa shape index (κ2) is 6.85. The van der Waals surface area contributed by atoms with Gasteiger partial charge in [0.15, 0.2) is 6.61 Å². The largest absolute Gasteiger partial charge is 0.484 e. The van der Waals surface area contributed by atoms with Crippen LogP contribution in [0.3, 0.4) is 0 Å². The Morgan fingerprint density at radius 1 is 1.40 bits per heavy atom. The smallest absolute Gasteiger partial charge is 0.269 e. The number of aliphatic hydroxyl groups is 1. The number of aliphatic hydroxyl groups excluding tert-OH is 1. The van der Waals surface area contributed by atoms with Crippen molar-refractivity contribution in [3.8, 4) is 5.75 Å². The molecule has 7 heteroatoms. The van der Waals surface area contributed by atoms with Crippen LogP contribution < -0.4 is 10.1 Å². The van der Waals surface area contributed by atoms with Gasteiger partial charge < -0.3 is 15.2 Å². The molecule has 1 aromatic carbocycles. The molecule has 1 aromatic rings. The Labute approximate surface area is 116 Å². The topological polar surface area (TPSA) is 102 Å². The van der Waals surface area contributed by atoms with E-state index in [1.807, 2.05) is 0 Å². The van der Waals surface area contributed by atoms with Crippen LogP contribution in [0.2, 0.25) is 0 Å². The SMILES string of the molecule is CC(C)(CCO)NC(=O)COc1ccc([N+](=O)[O-])cc1. The van der Waals surface area contributed by atoms with Crippen LogP contribution in [0.5, 0.6) is 5.75 Å². The van der Waals surface area contributed by atoms with Crippen molar-refractivity contribution in [2.45, 2.75) is 25.8 Å². The Morgan fingerprint density at radius 2 is 2.00 bits per heavy atom. The van der Waals surface area contributed by atoms with E-state index in [-0.39, 0.29) is 24.8 Å². The highest BCUT2D eigenvalue weighted by molar-refractivity contribution is 5.78. The number of hydrogen-bond donors (Lipinski definition) is 2. The Hall–Kier alpha value is -2.15. The highest BCUT2D eigenvalue weighted by Crippen LogP contribution is 2.17. The molecule has 0 saturated carbocycles. The van der Waals surface area contributed by atoms with E-state index in [1.165, 1.54) is 24.3 Å². The van der Waals surface area contributed by atoms with Crippen molar-refractivity contribution < 1.29 is 19.6 Å². The number of hydrogen-bond acceptors (Lipinski definition) is 5. The second-order valence-electron chi connectivity index (χ2n) is 4.95. The number of ether oxygens (including phenoxy) is 1. The van der Waals surface area contributed by atoms with E-state index in [9.17, 15) is 14.9 Å². The van der Waals surface area contributed by atoms with Crippen LogP contribution >= 0.6 is 0 Å². The Balaban J connectivity index is 2.46. The highest BCUT2D eigenvalue weighted by atomic mass is 16.6. The van der Waals surface area contributed by atoms with Gasteiger partial charge in [0.05, 0.1) is 4.92 Å². The lowest BCUT2D eigenvalue weighted by atomic mass is 10.0. The fourth-order valence-corrected chi connectivity index (χ4v) is 1.57. The highest BCUT2D eigenvalue weighted by Gasteiger charge is 2.19. The molecule has 1 amide bonds. The molecule has 0 atom stereocenters. The number of nitro benzene ring substituents is 1. The molecule has 0 aliphatic carbocycles. The van der Waals surface area contributed by atoms with E-state index < -0.39 is 10.5 Å². The van der Waals surface area contributed by atoms with Crippen molar-refractivity contribution in [3.63, 3.8) is 0 Å². The van der Waals surface area contributed by atoms with Crippen LogP contribution in [0.4, 0.5) is 5.69 Å². The fourth-order valence-electron chi connectivity index (χ4n) is 1.57. The van der Waals surface area contributed by atoms with Crippen LogP contribution in [0.15, 0.2) is 24.3 Å². The number of nitro groups is 1. The summed E-state index contributed by atoms with van der Waals surface area (Å²) < 4.78 is 5.23. The number of non-ortho nitro benzene ring substituents is 1. The molecule has 0 aliphatic rings. The maximum atomic E-state index is 11.7. The standard InChI is InChI=1S/C13H18N2O5/c1-13(2,7-8-16)14-12(17)9-20-11-5-3-10(4-6-11)15(18)19/h3-6,16H,7-9H2,1-2H3,(H,14,17).